The number of rotatable bonds is 5. The molecule has 174 valence electrons. The van der Waals surface area contributed by atoms with Crippen LogP contribution >= 0.6 is 23.2 Å². The second-order valence-corrected chi connectivity index (χ2v) is 8.27. The fourth-order valence-corrected chi connectivity index (χ4v) is 4.26. The number of methoxy groups -OCH3 is 2. The smallest absolute Gasteiger partial charge is 0.300 e. The number of hydrogen-bond donors (Lipinski definition) is 2. The van der Waals surface area contributed by atoms with Crippen molar-refractivity contribution < 1.29 is 29.3 Å². The summed E-state index contributed by atoms with van der Waals surface area (Å²) in [4.78, 5) is 27.7. The molecule has 1 amide bonds. The number of nitrogens with zero attached hydrogens (tertiary/aromatic N) is 1. The number of ether oxygens (including phenoxy) is 2. The Morgan fingerprint density at radius 3 is 2.24 bits per heavy atom. The zero-order chi connectivity index (χ0) is 24.6. The van der Waals surface area contributed by atoms with Gasteiger partial charge >= 0.3 is 0 Å². The van der Waals surface area contributed by atoms with Gasteiger partial charge in [-0.2, -0.15) is 0 Å². The van der Waals surface area contributed by atoms with Crippen LogP contribution in [0.4, 0.5) is 5.69 Å². The first kappa shape index (κ1) is 23.5. The van der Waals surface area contributed by atoms with Gasteiger partial charge in [0.25, 0.3) is 11.7 Å². The molecule has 1 unspecified atom stereocenters. The Bertz CT molecular complexity index is 1320. The third-order valence-corrected chi connectivity index (χ3v) is 6.01. The van der Waals surface area contributed by atoms with Crippen LogP contribution in [0.15, 0.2) is 66.2 Å². The molecule has 0 saturated carbocycles. The van der Waals surface area contributed by atoms with Crippen LogP contribution in [0.2, 0.25) is 10.0 Å². The van der Waals surface area contributed by atoms with Crippen LogP contribution in [0.25, 0.3) is 5.76 Å². The van der Waals surface area contributed by atoms with Crippen molar-refractivity contribution in [3.63, 3.8) is 0 Å². The van der Waals surface area contributed by atoms with Gasteiger partial charge in [-0.15, -0.1) is 0 Å². The van der Waals surface area contributed by atoms with Crippen molar-refractivity contribution in [2.45, 2.75) is 6.04 Å². The summed E-state index contributed by atoms with van der Waals surface area (Å²) in [7, 11) is 2.79. The molecule has 1 fully saturated rings. The summed E-state index contributed by atoms with van der Waals surface area (Å²) >= 11 is 12.2. The van der Waals surface area contributed by atoms with E-state index in [0.717, 1.165) is 0 Å². The molecular formula is C25H19Cl2NO6. The summed E-state index contributed by atoms with van der Waals surface area (Å²) in [5.74, 6) is -1.88. The summed E-state index contributed by atoms with van der Waals surface area (Å²) in [6, 6.07) is 14.3. The van der Waals surface area contributed by atoms with Gasteiger partial charge < -0.3 is 19.7 Å². The zero-order valence-corrected chi connectivity index (χ0v) is 19.6. The number of Topliss-reactive ketones (excluding diaryl/α,β-unsaturated/α-hetero) is 1. The van der Waals surface area contributed by atoms with Gasteiger partial charge in [-0.25, -0.2) is 0 Å². The molecule has 3 aromatic rings. The van der Waals surface area contributed by atoms with Crippen LogP contribution in [0.5, 0.6) is 17.2 Å². The zero-order valence-electron chi connectivity index (χ0n) is 18.1. The molecule has 0 aliphatic carbocycles. The Kier molecular flexibility index (Phi) is 6.41. The third-order valence-electron chi connectivity index (χ3n) is 5.46. The quantitative estimate of drug-likeness (QED) is 0.279. The predicted molar refractivity (Wildman–Crippen MR) is 129 cm³/mol. The van der Waals surface area contributed by atoms with E-state index in [1.54, 1.807) is 36.4 Å². The van der Waals surface area contributed by atoms with E-state index >= 15 is 0 Å². The molecule has 0 bridgehead atoms. The molecule has 2 N–H and O–H groups in total. The number of aromatic hydroxyl groups is 1. The fraction of sp³-hybridized carbons (Fsp3) is 0.120. The average molecular weight is 500 g/mol. The van der Waals surface area contributed by atoms with Gasteiger partial charge in [-0.3, -0.25) is 14.5 Å². The summed E-state index contributed by atoms with van der Waals surface area (Å²) in [5.41, 5.74) is 0.728. The number of phenols is 1. The van der Waals surface area contributed by atoms with Crippen molar-refractivity contribution in [2.75, 3.05) is 19.1 Å². The number of ketones is 1. The van der Waals surface area contributed by atoms with Crippen molar-refractivity contribution in [1.29, 1.82) is 0 Å². The lowest BCUT2D eigenvalue weighted by Gasteiger charge is -2.25. The number of halogens is 2. The van der Waals surface area contributed by atoms with E-state index in [0.29, 0.717) is 16.3 Å². The van der Waals surface area contributed by atoms with Crippen LogP contribution in [-0.2, 0) is 9.59 Å². The maximum Gasteiger partial charge on any atom is 0.300 e. The molecule has 7 nitrogen and oxygen atoms in total. The SMILES string of the molecule is COc1cc(/C(O)=C2\C(=O)C(=O)N(c3ccc(Cl)cc3)C2c2cccc(O)c2)c(OC)cc1Cl. The number of benzene rings is 3. The van der Waals surface area contributed by atoms with Gasteiger partial charge in [0.1, 0.15) is 23.0 Å². The number of phenolic OH excluding ortho intramolecular Hbond substituents is 1. The lowest BCUT2D eigenvalue weighted by molar-refractivity contribution is -0.132. The highest BCUT2D eigenvalue weighted by Gasteiger charge is 2.47. The third kappa shape index (κ3) is 4.04. The summed E-state index contributed by atoms with van der Waals surface area (Å²) in [5, 5.41) is 22.1. The molecule has 1 aliphatic heterocycles. The number of aliphatic hydroxyl groups excluding tert-OH is 1. The second kappa shape index (κ2) is 9.29. The van der Waals surface area contributed by atoms with Crippen LogP contribution in [0, 0.1) is 0 Å². The number of aliphatic hydroxyl groups is 1. The van der Waals surface area contributed by atoms with Crippen LogP contribution in [-0.4, -0.2) is 36.1 Å². The van der Waals surface area contributed by atoms with Crippen molar-refractivity contribution in [2.24, 2.45) is 0 Å². The van der Waals surface area contributed by atoms with Gasteiger partial charge in [-0.1, -0.05) is 35.3 Å². The first-order valence-electron chi connectivity index (χ1n) is 10.0. The minimum absolute atomic E-state index is 0.0649. The minimum atomic E-state index is -1.04. The predicted octanol–water partition coefficient (Wildman–Crippen LogP) is 5.34. The normalized spacial score (nSPS) is 17.2. The molecule has 0 radical (unpaired) electrons. The van der Waals surface area contributed by atoms with E-state index < -0.39 is 23.5 Å². The van der Waals surface area contributed by atoms with E-state index in [1.807, 2.05) is 0 Å². The number of carbonyl (C=O) groups excluding carboxylic acids is 2. The lowest BCUT2D eigenvalue weighted by atomic mass is 9.94. The van der Waals surface area contributed by atoms with E-state index in [-0.39, 0.29) is 33.4 Å². The van der Waals surface area contributed by atoms with Crippen LogP contribution < -0.4 is 14.4 Å². The molecule has 1 heterocycles. The molecule has 1 aliphatic rings. The van der Waals surface area contributed by atoms with Crippen LogP contribution in [0.1, 0.15) is 17.2 Å². The maximum absolute atomic E-state index is 13.3. The Morgan fingerprint density at radius 1 is 0.941 bits per heavy atom. The highest BCUT2D eigenvalue weighted by molar-refractivity contribution is 6.51. The van der Waals surface area contributed by atoms with Gasteiger partial charge in [-0.05, 0) is 48.0 Å². The molecular weight excluding hydrogens is 481 g/mol. The van der Waals surface area contributed by atoms with E-state index in [9.17, 15) is 19.8 Å². The Labute approximate surface area is 205 Å². The van der Waals surface area contributed by atoms with Crippen molar-refractivity contribution in [1.82, 2.24) is 0 Å². The minimum Gasteiger partial charge on any atom is -0.508 e. The molecule has 34 heavy (non-hydrogen) atoms. The van der Waals surface area contributed by atoms with Crippen molar-refractivity contribution >= 4 is 46.3 Å². The summed E-state index contributed by atoms with van der Waals surface area (Å²) in [6.07, 6.45) is 0. The van der Waals surface area contributed by atoms with Gasteiger partial charge in [0.15, 0.2) is 0 Å². The largest absolute Gasteiger partial charge is 0.508 e. The first-order chi connectivity index (χ1) is 16.3. The standard InChI is InChI=1S/C25H19Cl2NO6/c1-33-19-12-18(27)20(34-2)11-17(19)23(30)21-22(13-4-3-5-16(29)10-13)28(25(32)24(21)31)15-8-6-14(26)7-9-15/h3-12,22,29-30H,1-2H3/b23-21+. The molecule has 0 spiro atoms. The van der Waals surface area contributed by atoms with Crippen LogP contribution in [0.3, 0.4) is 0 Å². The number of anilines is 1. The molecule has 0 aromatic heterocycles. The van der Waals surface area contributed by atoms with Gasteiger partial charge in [0.2, 0.25) is 0 Å². The topological polar surface area (TPSA) is 96.3 Å². The lowest BCUT2D eigenvalue weighted by Crippen LogP contribution is -2.29. The molecule has 1 atom stereocenters. The Morgan fingerprint density at radius 2 is 1.62 bits per heavy atom. The summed E-state index contributed by atoms with van der Waals surface area (Å²) < 4.78 is 10.6. The number of carbonyl (C=O) groups is 2. The molecule has 4 rings (SSSR count). The monoisotopic (exact) mass is 499 g/mol. The maximum atomic E-state index is 13.3. The highest BCUT2D eigenvalue weighted by atomic mass is 35.5. The molecule has 9 heteroatoms. The van der Waals surface area contributed by atoms with Crippen molar-refractivity contribution in [3.05, 3.63) is 87.4 Å². The summed E-state index contributed by atoms with van der Waals surface area (Å²) in [6.45, 7) is 0. The van der Waals surface area contributed by atoms with Gasteiger partial charge in [0.05, 0.1) is 36.4 Å². The number of hydrogen-bond acceptors (Lipinski definition) is 6. The second-order valence-electron chi connectivity index (χ2n) is 7.43. The molecule has 3 aromatic carbocycles. The Hall–Kier alpha value is -3.68. The molecule has 1 saturated heterocycles. The fourth-order valence-electron chi connectivity index (χ4n) is 3.90. The van der Waals surface area contributed by atoms with E-state index in [4.69, 9.17) is 32.7 Å². The van der Waals surface area contributed by atoms with Gasteiger partial charge in [0, 0.05) is 16.8 Å². The highest BCUT2D eigenvalue weighted by Crippen LogP contribution is 2.45. The average Bonchev–Trinajstić information content (AvgIpc) is 3.09. The van der Waals surface area contributed by atoms with E-state index in [2.05, 4.69) is 0 Å². The van der Waals surface area contributed by atoms with E-state index in [1.165, 1.54) is 43.4 Å². The first-order valence-corrected chi connectivity index (χ1v) is 10.8. The van der Waals surface area contributed by atoms with Crippen molar-refractivity contribution in [3.8, 4) is 17.2 Å². The number of amides is 1. The Balaban J connectivity index is 2.00.